The molecule has 0 amide bonds. The molecule has 28 heavy (non-hydrogen) atoms. The molecule has 3 rings (SSSR count). The van der Waals surface area contributed by atoms with E-state index in [-0.39, 0.29) is 11.4 Å². The molecule has 0 aliphatic heterocycles. The Labute approximate surface area is 169 Å². The fraction of sp³-hybridized carbons (Fsp3) is 0.250. The number of nitrogens with zero attached hydrogens (tertiary/aromatic N) is 1. The van der Waals surface area contributed by atoms with E-state index in [1.165, 1.54) is 11.3 Å². The van der Waals surface area contributed by atoms with Crippen LogP contribution in [0.4, 0.5) is 0 Å². The standard InChI is InChI=1S/C20H22N2O4S2/c1-15(2)14-25-17-7-9-19(10-8-17)28(23,24)22-13-16-3-5-18(6-4-16)26-20-21-11-12-27-20/h3-12,15,22H,13-14H2,1-2H3. The minimum atomic E-state index is -3.60. The van der Waals surface area contributed by atoms with Gasteiger partial charge in [0.25, 0.3) is 5.19 Å². The lowest BCUT2D eigenvalue weighted by molar-refractivity contribution is 0.271. The number of benzene rings is 2. The maximum atomic E-state index is 12.5. The van der Waals surface area contributed by atoms with Crippen LogP contribution in [0, 0.1) is 5.92 Å². The van der Waals surface area contributed by atoms with Crippen molar-refractivity contribution in [2.24, 2.45) is 5.92 Å². The van der Waals surface area contributed by atoms with Crippen LogP contribution in [0.5, 0.6) is 16.7 Å². The first kappa shape index (κ1) is 20.3. The van der Waals surface area contributed by atoms with Gasteiger partial charge >= 0.3 is 0 Å². The summed E-state index contributed by atoms with van der Waals surface area (Å²) in [5.41, 5.74) is 0.826. The molecule has 0 aliphatic carbocycles. The van der Waals surface area contributed by atoms with Gasteiger partial charge < -0.3 is 9.47 Å². The van der Waals surface area contributed by atoms with Gasteiger partial charge in [0.05, 0.1) is 11.5 Å². The SMILES string of the molecule is CC(C)COc1ccc(S(=O)(=O)NCc2ccc(Oc3nccs3)cc2)cc1. The molecule has 148 valence electrons. The van der Waals surface area contributed by atoms with Gasteiger partial charge in [0.15, 0.2) is 0 Å². The van der Waals surface area contributed by atoms with Gasteiger partial charge in [-0.1, -0.05) is 37.3 Å². The minimum absolute atomic E-state index is 0.186. The molecule has 0 radical (unpaired) electrons. The number of sulfonamides is 1. The van der Waals surface area contributed by atoms with Crippen molar-refractivity contribution in [1.29, 1.82) is 0 Å². The van der Waals surface area contributed by atoms with E-state index >= 15 is 0 Å². The molecule has 0 spiro atoms. The van der Waals surface area contributed by atoms with Crippen LogP contribution >= 0.6 is 11.3 Å². The zero-order chi connectivity index (χ0) is 20.0. The van der Waals surface area contributed by atoms with E-state index in [0.29, 0.717) is 29.2 Å². The molecule has 1 aromatic heterocycles. The summed E-state index contributed by atoms with van der Waals surface area (Å²) in [6.45, 7) is 4.89. The van der Waals surface area contributed by atoms with Crippen LogP contribution in [-0.2, 0) is 16.6 Å². The highest BCUT2D eigenvalue weighted by atomic mass is 32.2. The van der Waals surface area contributed by atoms with Crippen molar-refractivity contribution in [2.75, 3.05) is 6.61 Å². The molecule has 0 bridgehead atoms. The van der Waals surface area contributed by atoms with Gasteiger partial charge in [0.1, 0.15) is 11.5 Å². The van der Waals surface area contributed by atoms with E-state index in [9.17, 15) is 8.42 Å². The minimum Gasteiger partial charge on any atom is -0.493 e. The predicted octanol–water partition coefficient (Wildman–Crippen LogP) is 4.45. The Morgan fingerprint density at radius 3 is 2.32 bits per heavy atom. The Hall–Kier alpha value is -2.42. The number of hydrogen-bond donors (Lipinski definition) is 1. The fourth-order valence-electron chi connectivity index (χ4n) is 2.28. The summed E-state index contributed by atoms with van der Waals surface area (Å²) in [5, 5.41) is 2.40. The van der Waals surface area contributed by atoms with Crippen molar-refractivity contribution in [3.63, 3.8) is 0 Å². The quantitative estimate of drug-likeness (QED) is 0.556. The Morgan fingerprint density at radius 2 is 1.71 bits per heavy atom. The number of thiazole rings is 1. The van der Waals surface area contributed by atoms with Gasteiger partial charge in [-0.15, -0.1) is 0 Å². The first-order valence-electron chi connectivity index (χ1n) is 8.81. The molecule has 0 unspecified atom stereocenters. The molecule has 1 N–H and O–H groups in total. The molecule has 0 fully saturated rings. The lowest BCUT2D eigenvalue weighted by atomic mass is 10.2. The van der Waals surface area contributed by atoms with E-state index in [1.54, 1.807) is 42.6 Å². The lowest BCUT2D eigenvalue weighted by Crippen LogP contribution is -2.23. The van der Waals surface area contributed by atoms with Crippen molar-refractivity contribution in [2.45, 2.75) is 25.3 Å². The zero-order valence-corrected chi connectivity index (χ0v) is 17.3. The predicted molar refractivity (Wildman–Crippen MR) is 109 cm³/mol. The second kappa shape index (κ2) is 9.18. The van der Waals surface area contributed by atoms with E-state index in [1.807, 2.05) is 17.5 Å². The number of hydrogen-bond acceptors (Lipinski definition) is 6. The van der Waals surface area contributed by atoms with Crippen LogP contribution in [0.2, 0.25) is 0 Å². The second-order valence-corrected chi connectivity index (χ2v) is 9.17. The normalized spacial score (nSPS) is 11.5. The summed E-state index contributed by atoms with van der Waals surface area (Å²) >= 11 is 1.40. The highest BCUT2D eigenvalue weighted by Gasteiger charge is 2.14. The van der Waals surface area contributed by atoms with Gasteiger partial charge in [-0.05, 0) is 47.9 Å². The van der Waals surface area contributed by atoms with Crippen LogP contribution in [-0.4, -0.2) is 20.0 Å². The van der Waals surface area contributed by atoms with Gasteiger partial charge in [0, 0.05) is 18.1 Å². The molecule has 2 aromatic carbocycles. The van der Waals surface area contributed by atoms with Gasteiger partial charge in [-0.3, -0.25) is 0 Å². The highest BCUT2D eigenvalue weighted by Crippen LogP contribution is 2.23. The molecule has 0 saturated heterocycles. The topological polar surface area (TPSA) is 77.5 Å². The average Bonchev–Trinajstić information content (AvgIpc) is 3.19. The lowest BCUT2D eigenvalue weighted by Gasteiger charge is -2.10. The van der Waals surface area contributed by atoms with E-state index in [4.69, 9.17) is 9.47 Å². The van der Waals surface area contributed by atoms with Gasteiger partial charge in [-0.2, -0.15) is 0 Å². The van der Waals surface area contributed by atoms with Crippen molar-refractivity contribution in [3.05, 3.63) is 65.7 Å². The van der Waals surface area contributed by atoms with Crippen LogP contribution < -0.4 is 14.2 Å². The van der Waals surface area contributed by atoms with Crippen LogP contribution in [0.15, 0.2) is 65.0 Å². The molecule has 0 atom stereocenters. The third-order valence-corrected chi connectivity index (χ3v) is 5.79. The number of nitrogens with one attached hydrogen (secondary N) is 1. The van der Waals surface area contributed by atoms with Crippen LogP contribution in [0.3, 0.4) is 0 Å². The van der Waals surface area contributed by atoms with E-state index in [2.05, 4.69) is 23.6 Å². The van der Waals surface area contributed by atoms with E-state index in [0.717, 1.165) is 5.56 Å². The van der Waals surface area contributed by atoms with Crippen molar-refractivity contribution in [1.82, 2.24) is 9.71 Å². The summed E-state index contributed by atoms with van der Waals surface area (Å²) < 4.78 is 38.7. The van der Waals surface area contributed by atoms with Crippen molar-refractivity contribution >= 4 is 21.4 Å². The molecular weight excluding hydrogens is 396 g/mol. The van der Waals surface area contributed by atoms with Gasteiger partial charge in [0.2, 0.25) is 10.0 Å². The van der Waals surface area contributed by atoms with Crippen LogP contribution in [0.25, 0.3) is 0 Å². The Kier molecular flexibility index (Phi) is 6.66. The first-order valence-corrected chi connectivity index (χ1v) is 11.2. The molecule has 6 nitrogen and oxygen atoms in total. The smallest absolute Gasteiger partial charge is 0.278 e. The first-order chi connectivity index (χ1) is 13.4. The van der Waals surface area contributed by atoms with Crippen LogP contribution in [0.1, 0.15) is 19.4 Å². The Balaban J connectivity index is 1.56. The number of aromatic nitrogens is 1. The largest absolute Gasteiger partial charge is 0.493 e. The molecule has 1 heterocycles. The highest BCUT2D eigenvalue weighted by molar-refractivity contribution is 7.89. The molecule has 8 heteroatoms. The zero-order valence-electron chi connectivity index (χ0n) is 15.7. The monoisotopic (exact) mass is 418 g/mol. The Bertz CT molecular complexity index is 968. The number of ether oxygens (including phenoxy) is 2. The molecule has 0 aliphatic rings. The molecular formula is C20H22N2O4S2. The second-order valence-electron chi connectivity index (χ2n) is 6.54. The van der Waals surface area contributed by atoms with Crippen molar-refractivity contribution < 1.29 is 17.9 Å². The maximum absolute atomic E-state index is 12.5. The number of rotatable bonds is 9. The maximum Gasteiger partial charge on any atom is 0.278 e. The third-order valence-electron chi connectivity index (χ3n) is 3.72. The molecule has 0 saturated carbocycles. The fourth-order valence-corrected chi connectivity index (χ4v) is 3.80. The Morgan fingerprint density at radius 1 is 1.04 bits per heavy atom. The average molecular weight is 419 g/mol. The van der Waals surface area contributed by atoms with Gasteiger partial charge in [-0.25, -0.2) is 18.1 Å². The third kappa shape index (κ3) is 5.79. The summed E-state index contributed by atoms with van der Waals surface area (Å²) in [5.74, 6) is 1.71. The summed E-state index contributed by atoms with van der Waals surface area (Å²) in [6.07, 6.45) is 1.67. The summed E-state index contributed by atoms with van der Waals surface area (Å²) in [6, 6.07) is 13.6. The summed E-state index contributed by atoms with van der Waals surface area (Å²) in [4.78, 5) is 4.26. The van der Waals surface area contributed by atoms with Crippen molar-refractivity contribution in [3.8, 4) is 16.7 Å². The molecule has 3 aromatic rings. The summed E-state index contributed by atoms with van der Waals surface area (Å²) in [7, 11) is -3.60. The van der Waals surface area contributed by atoms with E-state index < -0.39 is 10.0 Å².